The lowest BCUT2D eigenvalue weighted by atomic mass is 10.1. The van der Waals surface area contributed by atoms with Crippen molar-refractivity contribution in [3.63, 3.8) is 0 Å². The Morgan fingerprint density at radius 2 is 2.12 bits per heavy atom. The maximum atomic E-state index is 6.28. The summed E-state index contributed by atoms with van der Waals surface area (Å²) in [5, 5.41) is 4.36. The third-order valence-corrected chi connectivity index (χ3v) is 5.18. The van der Waals surface area contributed by atoms with Gasteiger partial charge in [-0.15, -0.1) is 11.3 Å². The van der Waals surface area contributed by atoms with Crippen LogP contribution in [0.25, 0.3) is 10.2 Å². The lowest BCUT2D eigenvalue weighted by Crippen LogP contribution is -2.24. The number of aromatic nitrogens is 1. The molecule has 2 nitrogen and oxygen atoms in total. The molecule has 1 aromatic heterocycles. The number of hydrogen-bond acceptors (Lipinski definition) is 4. The van der Waals surface area contributed by atoms with Crippen LogP contribution in [-0.2, 0) is 0 Å². The molecule has 1 N–H and O–H groups in total. The summed E-state index contributed by atoms with van der Waals surface area (Å²) in [6.07, 6.45) is 2.42. The second-order valence-electron chi connectivity index (χ2n) is 4.15. The highest BCUT2D eigenvalue weighted by molar-refractivity contribution is 7.99. The molecule has 0 saturated carbocycles. The van der Waals surface area contributed by atoms with E-state index in [1.165, 1.54) is 29.0 Å². The number of nitrogens with zero attached hydrogens (tertiary/aromatic N) is 1. The van der Waals surface area contributed by atoms with Crippen LogP contribution in [0.5, 0.6) is 0 Å². The Bertz CT molecular complexity index is 520. The van der Waals surface area contributed by atoms with Crippen molar-refractivity contribution in [1.29, 1.82) is 0 Å². The summed E-state index contributed by atoms with van der Waals surface area (Å²) in [7, 11) is 0. The molecule has 0 aliphatic carbocycles. The molecule has 3 rings (SSSR count). The van der Waals surface area contributed by atoms with Gasteiger partial charge in [0.1, 0.15) is 5.52 Å². The Kier molecular flexibility index (Phi) is 3.45. The molecule has 5 heteroatoms. The molecule has 1 fully saturated rings. The smallest absolute Gasteiger partial charge is 0.106 e. The zero-order valence-electron chi connectivity index (χ0n) is 9.28. The highest BCUT2D eigenvalue weighted by Gasteiger charge is 2.16. The monoisotopic (exact) mass is 284 g/mol. The predicted molar refractivity (Wildman–Crippen MR) is 78.6 cm³/mol. The standard InChI is InChI=1S/C12H13ClN2S2/c13-9-1-2-10-12(14-7-17-10)11(9)15-8-3-5-16-6-4-8/h1-2,7-8,15H,3-6H2. The number of thioether (sulfide) groups is 1. The molecular weight excluding hydrogens is 272 g/mol. The Morgan fingerprint density at radius 3 is 2.94 bits per heavy atom. The van der Waals surface area contributed by atoms with Crippen LogP contribution in [-0.4, -0.2) is 22.5 Å². The van der Waals surface area contributed by atoms with E-state index < -0.39 is 0 Å². The average Bonchev–Trinajstić information content (AvgIpc) is 2.83. The van der Waals surface area contributed by atoms with E-state index in [2.05, 4.69) is 10.3 Å². The number of halogens is 1. The Labute approximate surface area is 114 Å². The predicted octanol–water partition coefficient (Wildman–Crippen LogP) is 4.26. The highest BCUT2D eigenvalue weighted by atomic mass is 35.5. The molecule has 2 aromatic rings. The summed E-state index contributed by atoms with van der Waals surface area (Å²) in [6.45, 7) is 0. The lowest BCUT2D eigenvalue weighted by molar-refractivity contribution is 0.667. The number of benzene rings is 1. The molecule has 90 valence electrons. The first-order chi connectivity index (χ1) is 8.34. The van der Waals surface area contributed by atoms with Crippen molar-refractivity contribution in [3.05, 3.63) is 22.7 Å². The minimum atomic E-state index is 0.543. The largest absolute Gasteiger partial charge is 0.379 e. The number of fused-ring (bicyclic) bond motifs is 1. The number of anilines is 1. The first-order valence-corrected chi connectivity index (χ1v) is 8.12. The van der Waals surface area contributed by atoms with Crippen molar-refractivity contribution >= 4 is 50.6 Å². The summed E-state index contributed by atoms with van der Waals surface area (Å²) in [4.78, 5) is 4.41. The normalized spacial score (nSPS) is 17.5. The van der Waals surface area contributed by atoms with Crippen LogP contribution < -0.4 is 5.32 Å². The lowest BCUT2D eigenvalue weighted by Gasteiger charge is -2.24. The van der Waals surface area contributed by atoms with Crippen LogP contribution in [0.4, 0.5) is 5.69 Å². The van der Waals surface area contributed by atoms with Gasteiger partial charge < -0.3 is 5.32 Å². The van der Waals surface area contributed by atoms with Crippen molar-refractivity contribution in [3.8, 4) is 0 Å². The van der Waals surface area contributed by atoms with Crippen molar-refractivity contribution in [2.24, 2.45) is 0 Å². The summed E-state index contributed by atoms with van der Waals surface area (Å²) in [5.41, 5.74) is 3.91. The topological polar surface area (TPSA) is 24.9 Å². The van der Waals surface area contributed by atoms with Crippen LogP contribution >= 0.6 is 34.7 Å². The third kappa shape index (κ3) is 2.39. The van der Waals surface area contributed by atoms with Crippen LogP contribution in [0.1, 0.15) is 12.8 Å². The van der Waals surface area contributed by atoms with E-state index >= 15 is 0 Å². The van der Waals surface area contributed by atoms with Gasteiger partial charge in [-0.3, -0.25) is 0 Å². The number of thiazole rings is 1. The molecule has 0 bridgehead atoms. The summed E-state index contributed by atoms with van der Waals surface area (Å²) < 4.78 is 1.20. The van der Waals surface area contributed by atoms with E-state index in [9.17, 15) is 0 Å². The van der Waals surface area contributed by atoms with E-state index in [0.29, 0.717) is 6.04 Å². The van der Waals surface area contributed by atoms with Gasteiger partial charge in [-0.2, -0.15) is 11.8 Å². The molecule has 1 aliphatic rings. The molecular formula is C12H13ClN2S2. The van der Waals surface area contributed by atoms with Gasteiger partial charge in [0.2, 0.25) is 0 Å². The van der Waals surface area contributed by atoms with Crippen molar-refractivity contribution in [1.82, 2.24) is 4.98 Å². The van der Waals surface area contributed by atoms with Crippen LogP contribution in [0.2, 0.25) is 5.02 Å². The Morgan fingerprint density at radius 1 is 1.29 bits per heavy atom. The van der Waals surface area contributed by atoms with Gasteiger partial charge in [0, 0.05) is 6.04 Å². The minimum absolute atomic E-state index is 0.543. The van der Waals surface area contributed by atoms with Crippen LogP contribution in [0, 0.1) is 0 Å². The first-order valence-electron chi connectivity index (χ1n) is 5.70. The maximum absolute atomic E-state index is 6.28. The fraction of sp³-hybridized carbons (Fsp3) is 0.417. The van der Waals surface area contributed by atoms with Crippen LogP contribution in [0.15, 0.2) is 17.6 Å². The number of rotatable bonds is 2. The Hall–Kier alpha value is -0.450. The van der Waals surface area contributed by atoms with Gasteiger partial charge in [0.25, 0.3) is 0 Å². The van der Waals surface area contributed by atoms with E-state index in [1.807, 2.05) is 29.4 Å². The summed E-state index contributed by atoms with van der Waals surface area (Å²) >= 11 is 9.97. The molecule has 2 heterocycles. The molecule has 1 aliphatic heterocycles. The molecule has 0 radical (unpaired) electrons. The van der Waals surface area contributed by atoms with E-state index in [4.69, 9.17) is 11.6 Å². The fourth-order valence-corrected chi connectivity index (χ4v) is 4.09. The third-order valence-electron chi connectivity index (χ3n) is 3.02. The second-order valence-corrected chi connectivity index (χ2v) is 6.67. The zero-order chi connectivity index (χ0) is 11.7. The van der Waals surface area contributed by atoms with E-state index in [0.717, 1.165) is 16.2 Å². The summed E-state index contributed by atoms with van der Waals surface area (Å²) in [5.74, 6) is 2.48. The quantitative estimate of drug-likeness (QED) is 0.892. The maximum Gasteiger partial charge on any atom is 0.106 e. The Balaban J connectivity index is 1.92. The van der Waals surface area contributed by atoms with Gasteiger partial charge in [0.05, 0.1) is 20.9 Å². The van der Waals surface area contributed by atoms with Gasteiger partial charge in [-0.25, -0.2) is 4.98 Å². The van der Waals surface area contributed by atoms with E-state index in [-0.39, 0.29) is 0 Å². The molecule has 0 atom stereocenters. The van der Waals surface area contributed by atoms with Crippen molar-refractivity contribution in [2.75, 3.05) is 16.8 Å². The fourth-order valence-electron chi connectivity index (χ4n) is 2.09. The van der Waals surface area contributed by atoms with Gasteiger partial charge in [0.15, 0.2) is 0 Å². The van der Waals surface area contributed by atoms with Gasteiger partial charge >= 0.3 is 0 Å². The minimum Gasteiger partial charge on any atom is -0.379 e. The molecule has 0 unspecified atom stereocenters. The molecule has 1 saturated heterocycles. The first kappa shape index (κ1) is 11.6. The van der Waals surface area contributed by atoms with Gasteiger partial charge in [-0.05, 0) is 36.5 Å². The van der Waals surface area contributed by atoms with Crippen molar-refractivity contribution in [2.45, 2.75) is 18.9 Å². The zero-order valence-corrected chi connectivity index (χ0v) is 11.7. The average molecular weight is 285 g/mol. The number of nitrogens with one attached hydrogen (secondary N) is 1. The summed E-state index contributed by atoms with van der Waals surface area (Å²) in [6, 6.07) is 4.54. The molecule has 17 heavy (non-hydrogen) atoms. The van der Waals surface area contributed by atoms with Gasteiger partial charge in [-0.1, -0.05) is 11.6 Å². The van der Waals surface area contributed by atoms with Crippen LogP contribution in [0.3, 0.4) is 0 Å². The van der Waals surface area contributed by atoms with Crippen molar-refractivity contribution < 1.29 is 0 Å². The number of hydrogen-bond donors (Lipinski definition) is 1. The molecule has 0 spiro atoms. The SMILES string of the molecule is Clc1ccc2scnc2c1NC1CCSCC1. The molecule has 1 aromatic carbocycles. The molecule has 0 amide bonds. The highest BCUT2D eigenvalue weighted by Crippen LogP contribution is 2.34. The second kappa shape index (κ2) is 5.04. The van der Waals surface area contributed by atoms with E-state index in [1.54, 1.807) is 11.3 Å².